The van der Waals surface area contributed by atoms with Crippen molar-refractivity contribution in [1.82, 2.24) is 4.90 Å². The quantitative estimate of drug-likeness (QED) is 0.397. The molecule has 1 amide bonds. The molecule has 1 heterocycles. The highest BCUT2D eigenvalue weighted by Crippen LogP contribution is 2.28. The molecular weight excluding hydrogens is 450 g/mol. The van der Waals surface area contributed by atoms with E-state index < -0.39 is 23.7 Å². The van der Waals surface area contributed by atoms with E-state index >= 15 is 0 Å². The molecule has 0 spiro atoms. The van der Waals surface area contributed by atoms with Crippen molar-refractivity contribution in [3.63, 3.8) is 0 Å². The Hall–Kier alpha value is -3.74. The lowest BCUT2D eigenvalue weighted by Crippen LogP contribution is -2.40. The lowest BCUT2D eigenvalue weighted by atomic mass is 9.94. The third kappa shape index (κ3) is 5.67. The third-order valence-corrected chi connectivity index (χ3v) is 6.17. The maximum atomic E-state index is 14.5. The largest absolute Gasteiger partial charge is 0.496 e. The first-order valence-corrected chi connectivity index (χ1v) is 11.6. The normalized spacial score (nSPS) is 15.8. The van der Waals surface area contributed by atoms with E-state index in [2.05, 4.69) is 5.16 Å². The van der Waals surface area contributed by atoms with Gasteiger partial charge in [0.1, 0.15) is 17.4 Å². The van der Waals surface area contributed by atoms with Gasteiger partial charge in [0, 0.05) is 30.2 Å². The number of amides is 1. The highest BCUT2D eigenvalue weighted by atomic mass is 19.1. The molecule has 0 saturated carbocycles. The van der Waals surface area contributed by atoms with Gasteiger partial charge in [-0.2, -0.15) is 0 Å². The van der Waals surface area contributed by atoms with Gasteiger partial charge in [0.05, 0.1) is 25.3 Å². The highest BCUT2D eigenvalue weighted by Gasteiger charge is 2.31. The van der Waals surface area contributed by atoms with Crippen LogP contribution in [0.4, 0.5) is 8.78 Å². The van der Waals surface area contributed by atoms with E-state index in [1.165, 1.54) is 12.1 Å². The van der Waals surface area contributed by atoms with Crippen molar-refractivity contribution >= 4 is 11.6 Å². The van der Waals surface area contributed by atoms with Gasteiger partial charge in [-0.15, -0.1) is 0 Å². The van der Waals surface area contributed by atoms with Crippen LogP contribution in [0.15, 0.2) is 78.0 Å². The maximum Gasteiger partial charge on any atom is 0.230 e. The minimum Gasteiger partial charge on any atom is -0.496 e. The SMILES string of the molecule is CC[C@H](C(=O)N(Cc1ccc(F)cc1F)C[C@@H]1CC(c2ccccc2OC)=NO1)c1ccccc1. The minimum atomic E-state index is -0.686. The number of para-hydroxylation sites is 1. The highest BCUT2D eigenvalue weighted by molar-refractivity contribution is 6.03. The Balaban J connectivity index is 1.56. The van der Waals surface area contributed by atoms with Crippen molar-refractivity contribution in [2.24, 2.45) is 5.16 Å². The molecule has 0 bridgehead atoms. The van der Waals surface area contributed by atoms with Crippen molar-refractivity contribution in [1.29, 1.82) is 0 Å². The molecule has 182 valence electrons. The van der Waals surface area contributed by atoms with Crippen molar-refractivity contribution in [2.45, 2.75) is 38.3 Å². The van der Waals surface area contributed by atoms with Gasteiger partial charge in [-0.3, -0.25) is 4.79 Å². The Labute approximate surface area is 204 Å². The Morgan fingerprint density at radius 1 is 1.11 bits per heavy atom. The van der Waals surface area contributed by atoms with E-state index in [1.54, 1.807) is 12.0 Å². The number of methoxy groups -OCH3 is 1. The number of carbonyl (C=O) groups excluding carboxylic acids is 1. The van der Waals surface area contributed by atoms with E-state index in [-0.39, 0.29) is 24.6 Å². The standard InChI is InChI=1S/C28H28F2N2O3/c1-3-23(19-9-5-4-6-10-19)28(33)32(17-20-13-14-21(29)15-25(20)30)18-22-16-26(31-35-22)24-11-7-8-12-27(24)34-2/h4-15,22-23H,3,16-18H2,1-2H3/t22-,23-/m0/s1. The Morgan fingerprint density at radius 2 is 1.86 bits per heavy atom. The number of rotatable bonds is 9. The summed E-state index contributed by atoms with van der Waals surface area (Å²) in [5, 5.41) is 4.24. The molecule has 4 rings (SSSR count). The number of oxime groups is 1. The molecular formula is C28H28F2N2O3. The number of halogens is 2. The fourth-order valence-corrected chi connectivity index (χ4v) is 4.36. The maximum absolute atomic E-state index is 14.5. The molecule has 0 radical (unpaired) electrons. The number of benzene rings is 3. The van der Waals surface area contributed by atoms with Gasteiger partial charge in [0.25, 0.3) is 0 Å². The van der Waals surface area contributed by atoms with E-state index in [0.29, 0.717) is 18.6 Å². The Morgan fingerprint density at radius 3 is 2.57 bits per heavy atom. The van der Waals surface area contributed by atoms with Crippen LogP contribution >= 0.6 is 0 Å². The molecule has 3 aromatic rings. The molecule has 3 aromatic carbocycles. The summed E-state index contributed by atoms with van der Waals surface area (Å²) in [6, 6.07) is 20.4. The molecule has 2 atom stereocenters. The van der Waals surface area contributed by atoms with Crippen LogP contribution in [0.2, 0.25) is 0 Å². The predicted molar refractivity (Wildman–Crippen MR) is 130 cm³/mol. The van der Waals surface area contributed by atoms with Crippen LogP contribution in [0.1, 0.15) is 42.4 Å². The Bertz CT molecular complexity index is 1200. The number of hydrogen-bond acceptors (Lipinski definition) is 4. The van der Waals surface area contributed by atoms with Crippen molar-refractivity contribution in [3.05, 3.63) is 101 Å². The summed E-state index contributed by atoms with van der Waals surface area (Å²) in [5.74, 6) is -1.19. The van der Waals surface area contributed by atoms with Crippen molar-refractivity contribution < 1.29 is 23.1 Å². The molecule has 7 heteroatoms. The fourth-order valence-electron chi connectivity index (χ4n) is 4.36. The van der Waals surface area contributed by atoms with Gasteiger partial charge in [-0.25, -0.2) is 8.78 Å². The summed E-state index contributed by atoms with van der Waals surface area (Å²) in [6.45, 7) is 2.15. The van der Waals surface area contributed by atoms with Crippen LogP contribution in [0, 0.1) is 11.6 Å². The fraction of sp³-hybridized carbons (Fsp3) is 0.286. The van der Waals surface area contributed by atoms with Gasteiger partial charge in [-0.05, 0) is 30.2 Å². The minimum absolute atomic E-state index is 0.00185. The summed E-state index contributed by atoms with van der Waals surface area (Å²) in [6.07, 6.45) is 0.647. The zero-order chi connectivity index (χ0) is 24.8. The lowest BCUT2D eigenvalue weighted by Gasteiger charge is -2.29. The van der Waals surface area contributed by atoms with Crippen molar-refractivity contribution in [3.8, 4) is 5.75 Å². The first-order valence-electron chi connectivity index (χ1n) is 11.6. The average Bonchev–Trinajstić information content (AvgIpc) is 3.34. The first kappa shape index (κ1) is 24.4. The van der Waals surface area contributed by atoms with Gasteiger partial charge in [-0.1, -0.05) is 60.6 Å². The molecule has 0 saturated heterocycles. The van der Waals surface area contributed by atoms with E-state index in [0.717, 1.165) is 22.9 Å². The number of carbonyl (C=O) groups is 1. The van der Waals surface area contributed by atoms with Crippen LogP contribution in [0.3, 0.4) is 0 Å². The van der Waals surface area contributed by atoms with Crippen LogP contribution < -0.4 is 4.74 Å². The first-order chi connectivity index (χ1) is 17.0. The van der Waals surface area contributed by atoms with Gasteiger partial charge < -0.3 is 14.5 Å². The lowest BCUT2D eigenvalue weighted by molar-refractivity contribution is -0.135. The van der Waals surface area contributed by atoms with E-state index in [9.17, 15) is 13.6 Å². The number of hydrogen-bond donors (Lipinski definition) is 0. The van der Waals surface area contributed by atoms with Crippen LogP contribution in [0.25, 0.3) is 0 Å². The number of nitrogens with zero attached hydrogens (tertiary/aromatic N) is 2. The predicted octanol–water partition coefficient (Wildman–Crippen LogP) is 5.69. The van der Waals surface area contributed by atoms with E-state index in [1.807, 2.05) is 61.5 Å². The summed E-state index contributed by atoms with van der Waals surface area (Å²) in [7, 11) is 1.60. The van der Waals surface area contributed by atoms with Crippen LogP contribution in [-0.2, 0) is 16.2 Å². The van der Waals surface area contributed by atoms with Gasteiger partial charge >= 0.3 is 0 Å². The second kappa shape index (κ2) is 11.1. The molecule has 0 N–H and O–H groups in total. The molecule has 1 aliphatic rings. The van der Waals surface area contributed by atoms with E-state index in [4.69, 9.17) is 9.57 Å². The zero-order valence-electron chi connectivity index (χ0n) is 19.8. The third-order valence-electron chi connectivity index (χ3n) is 6.17. The van der Waals surface area contributed by atoms with Crippen LogP contribution in [-0.4, -0.2) is 36.3 Å². The molecule has 1 aliphatic heterocycles. The molecule has 5 nitrogen and oxygen atoms in total. The molecule has 0 unspecified atom stereocenters. The number of ether oxygens (including phenoxy) is 1. The monoisotopic (exact) mass is 478 g/mol. The molecule has 35 heavy (non-hydrogen) atoms. The summed E-state index contributed by atoms with van der Waals surface area (Å²) >= 11 is 0. The van der Waals surface area contributed by atoms with Gasteiger partial charge in [0.15, 0.2) is 6.10 Å². The molecule has 0 aliphatic carbocycles. The Kier molecular flexibility index (Phi) is 7.75. The summed E-state index contributed by atoms with van der Waals surface area (Å²) in [5.41, 5.74) is 2.69. The molecule has 0 fully saturated rings. The van der Waals surface area contributed by atoms with Crippen molar-refractivity contribution in [2.75, 3.05) is 13.7 Å². The average molecular weight is 479 g/mol. The summed E-state index contributed by atoms with van der Waals surface area (Å²) in [4.78, 5) is 21.0. The molecule has 0 aromatic heterocycles. The second-order valence-corrected chi connectivity index (χ2v) is 8.50. The topological polar surface area (TPSA) is 51.1 Å². The second-order valence-electron chi connectivity index (χ2n) is 8.50. The smallest absolute Gasteiger partial charge is 0.230 e. The van der Waals surface area contributed by atoms with Crippen LogP contribution in [0.5, 0.6) is 5.75 Å². The zero-order valence-corrected chi connectivity index (χ0v) is 19.8. The van der Waals surface area contributed by atoms with Gasteiger partial charge in [0.2, 0.25) is 5.91 Å². The summed E-state index contributed by atoms with van der Waals surface area (Å²) < 4.78 is 33.4.